The Morgan fingerprint density at radius 3 is 2.45 bits per heavy atom. The highest BCUT2D eigenvalue weighted by molar-refractivity contribution is 7.91. The smallest absolute Gasteiger partial charge is 0.242 e. The van der Waals surface area contributed by atoms with Gasteiger partial charge in [-0.1, -0.05) is 18.2 Å². The van der Waals surface area contributed by atoms with Crippen molar-refractivity contribution >= 4 is 21.4 Å². The number of para-hydroxylation sites is 1. The Kier molecular flexibility index (Phi) is 4.32. The van der Waals surface area contributed by atoms with Crippen molar-refractivity contribution in [2.45, 2.75) is 12.5 Å². The number of likely N-dealkylation sites (N-methyl/N-ethyl adjacent to an activating group) is 2. The van der Waals surface area contributed by atoms with E-state index in [2.05, 4.69) is 0 Å². The van der Waals surface area contributed by atoms with E-state index in [1.807, 2.05) is 42.3 Å². The first-order valence-corrected chi connectivity index (χ1v) is 8.43. The summed E-state index contributed by atoms with van der Waals surface area (Å²) in [5, 5.41) is 0. The van der Waals surface area contributed by atoms with Crippen molar-refractivity contribution in [3.8, 4) is 0 Å². The Labute approximate surface area is 120 Å². The van der Waals surface area contributed by atoms with E-state index in [9.17, 15) is 13.2 Å². The van der Waals surface area contributed by atoms with E-state index in [0.717, 1.165) is 5.69 Å². The zero-order valence-electron chi connectivity index (χ0n) is 11.8. The molecular weight excluding hydrogens is 276 g/mol. The molecule has 110 valence electrons. The zero-order chi connectivity index (χ0) is 14.8. The van der Waals surface area contributed by atoms with Crippen molar-refractivity contribution in [3.05, 3.63) is 30.3 Å². The highest BCUT2D eigenvalue weighted by atomic mass is 32.2. The quantitative estimate of drug-likeness (QED) is 0.823. The average Bonchev–Trinajstić information content (AvgIpc) is 2.79. The maximum absolute atomic E-state index is 12.2. The van der Waals surface area contributed by atoms with Crippen LogP contribution < -0.4 is 4.90 Å². The summed E-state index contributed by atoms with van der Waals surface area (Å²) in [6.07, 6.45) is 0.541. The Balaban J connectivity index is 1.95. The number of carbonyl (C=O) groups excluding carboxylic acids is 1. The molecule has 2 rings (SSSR count). The molecule has 0 bridgehead atoms. The SMILES string of the molecule is CN(CC(=O)N(C)[C@@H]1CCS(=O)(=O)C1)c1ccccc1. The third-order valence-corrected chi connectivity index (χ3v) is 5.47. The molecule has 0 saturated carbocycles. The van der Waals surface area contributed by atoms with Gasteiger partial charge in [0, 0.05) is 25.8 Å². The minimum absolute atomic E-state index is 0.0570. The van der Waals surface area contributed by atoms with Crippen LogP contribution in [0, 0.1) is 0 Å². The first-order valence-electron chi connectivity index (χ1n) is 6.61. The van der Waals surface area contributed by atoms with E-state index < -0.39 is 9.84 Å². The van der Waals surface area contributed by atoms with Gasteiger partial charge in [0.15, 0.2) is 9.84 Å². The molecule has 1 aliphatic heterocycles. The molecule has 1 aliphatic rings. The molecule has 1 aromatic rings. The minimum Gasteiger partial charge on any atom is -0.365 e. The number of sulfone groups is 1. The van der Waals surface area contributed by atoms with Gasteiger partial charge in [0.2, 0.25) is 5.91 Å². The molecule has 1 saturated heterocycles. The Morgan fingerprint density at radius 1 is 1.25 bits per heavy atom. The maximum Gasteiger partial charge on any atom is 0.242 e. The summed E-state index contributed by atoms with van der Waals surface area (Å²) in [5.74, 6) is 0.215. The van der Waals surface area contributed by atoms with E-state index >= 15 is 0 Å². The normalized spacial score (nSPS) is 20.6. The van der Waals surface area contributed by atoms with Gasteiger partial charge < -0.3 is 9.80 Å². The van der Waals surface area contributed by atoms with Crippen LogP contribution in [0.1, 0.15) is 6.42 Å². The number of rotatable bonds is 4. The molecule has 1 aromatic carbocycles. The second kappa shape index (κ2) is 5.83. The van der Waals surface area contributed by atoms with E-state index in [4.69, 9.17) is 0 Å². The van der Waals surface area contributed by atoms with Gasteiger partial charge in [0.25, 0.3) is 0 Å². The number of amides is 1. The predicted molar refractivity (Wildman–Crippen MR) is 79.5 cm³/mol. The van der Waals surface area contributed by atoms with Crippen LogP contribution in [0.25, 0.3) is 0 Å². The number of benzene rings is 1. The lowest BCUT2D eigenvalue weighted by molar-refractivity contribution is -0.130. The van der Waals surface area contributed by atoms with Crippen molar-refractivity contribution in [1.82, 2.24) is 4.90 Å². The van der Waals surface area contributed by atoms with Gasteiger partial charge in [0.05, 0.1) is 18.1 Å². The lowest BCUT2D eigenvalue weighted by Crippen LogP contribution is -2.43. The molecule has 20 heavy (non-hydrogen) atoms. The van der Waals surface area contributed by atoms with Gasteiger partial charge in [-0.25, -0.2) is 8.42 Å². The Morgan fingerprint density at radius 2 is 1.90 bits per heavy atom. The standard InChI is InChI=1S/C14H20N2O3S/c1-15(12-6-4-3-5-7-12)10-14(17)16(2)13-8-9-20(18,19)11-13/h3-7,13H,8-11H2,1-2H3/t13-/m1/s1. The molecule has 0 aliphatic carbocycles. The van der Waals surface area contributed by atoms with E-state index in [1.165, 1.54) is 0 Å². The topological polar surface area (TPSA) is 57.7 Å². The fourth-order valence-corrected chi connectivity index (χ4v) is 4.15. The van der Waals surface area contributed by atoms with Gasteiger partial charge in [0.1, 0.15) is 0 Å². The minimum atomic E-state index is -2.96. The van der Waals surface area contributed by atoms with Gasteiger partial charge in [-0.15, -0.1) is 0 Å². The van der Waals surface area contributed by atoms with E-state index in [-0.39, 0.29) is 30.0 Å². The molecule has 1 heterocycles. The number of hydrogen-bond donors (Lipinski definition) is 0. The molecule has 0 unspecified atom stereocenters. The Bertz CT molecular complexity index is 571. The van der Waals surface area contributed by atoms with E-state index in [0.29, 0.717) is 6.42 Å². The van der Waals surface area contributed by atoms with Crippen molar-refractivity contribution in [2.75, 3.05) is 37.0 Å². The van der Waals surface area contributed by atoms with Crippen LogP contribution in [0.4, 0.5) is 5.69 Å². The van der Waals surface area contributed by atoms with Crippen LogP contribution in [-0.2, 0) is 14.6 Å². The summed E-state index contributed by atoms with van der Waals surface area (Å²) in [6, 6.07) is 9.46. The third kappa shape index (κ3) is 3.50. The average molecular weight is 296 g/mol. The van der Waals surface area contributed by atoms with Crippen molar-refractivity contribution < 1.29 is 13.2 Å². The first kappa shape index (κ1) is 14.8. The molecule has 0 aromatic heterocycles. The molecule has 5 nitrogen and oxygen atoms in total. The molecule has 6 heteroatoms. The molecule has 0 N–H and O–H groups in total. The maximum atomic E-state index is 12.2. The van der Waals surface area contributed by atoms with Crippen LogP contribution in [0.15, 0.2) is 30.3 Å². The Hall–Kier alpha value is -1.56. The largest absolute Gasteiger partial charge is 0.365 e. The van der Waals surface area contributed by atoms with Crippen molar-refractivity contribution in [3.63, 3.8) is 0 Å². The molecule has 1 fully saturated rings. The highest BCUT2D eigenvalue weighted by Crippen LogP contribution is 2.17. The van der Waals surface area contributed by atoms with Crippen LogP contribution in [0.5, 0.6) is 0 Å². The number of anilines is 1. The third-order valence-electron chi connectivity index (χ3n) is 3.72. The molecule has 0 radical (unpaired) electrons. The summed E-state index contributed by atoms with van der Waals surface area (Å²) in [6.45, 7) is 0.247. The monoisotopic (exact) mass is 296 g/mol. The summed E-state index contributed by atoms with van der Waals surface area (Å²) in [4.78, 5) is 15.7. The van der Waals surface area contributed by atoms with Crippen LogP contribution in [-0.4, -0.2) is 57.4 Å². The molecule has 0 spiro atoms. The lowest BCUT2D eigenvalue weighted by Gasteiger charge is -2.27. The van der Waals surface area contributed by atoms with Crippen molar-refractivity contribution in [1.29, 1.82) is 0 Å². The second-order valence-corrected chi connectivity index (χ2v) is 7.48. The highest BCUT2D eigenvalue weighted by Gasteiger charge is 2.32. The fraction of sp³-hybridized carbons (Fsp3) is 0.500. The summed E-state index contributed by atoms with van der Waals surface area (Å²) in [5.41, 5.74) is 0.966. The van der Waals surface area contributed by atoms with Gasteiger partial charge in [-0.05, 0) is 18.6 Å². The summed E-state index contributed by atoms with van der Waals surface area (Å²) < 4.78 is 22.9. The van der Waals surface area contributed by atoms with Crippen LogP contribution >= 0.6 is 0 Å². The molecular formula is C14H20N2O3S. The zero-order valence-corrected chi connectivity index (χ0v) is 12.6. The van der Waals surface area contributed by atoms with Gasteiger partial charge in [-0.2, -0.15) is 0 Å². The first-order chi connectivity index (χ1) is 9.39. The molecule has 1 atom stereocenters. The number of hydrogen-bond acceptors (Lipinski definition) is 4. The van der Waals surface area contributed by atoms with Crippen molar-refractivity contribution in [2.24, 2.45) is 0 Å². The number of carbonyl (C=O) groups is 1. The van der Waals surface area contributed by atoms with Gasteiger partial charge in [-0.3, -0.25) is 4.79 Å². The fourth-order valence-electron chi connectivity index (χ4n) is 2.37. The van der Waals surface area contributed by atoms with E-state index in [1.54, 1.807) is 11.9 Å². The molecule has 1 amide bonds. The van der Waals surface area contributed by atoms with Crippen LogP contribution in [0.2, 0.25) is 0 Å². The summed E-state index contributed by atoms with van der Waals surface area (Å²) >= 11 is 0. The lowest BCUT2D eigenvalue weighted by atomic mass is 10.2. The van der Waals surface area contributed by atoms with Gasteiger partial charge >= 0.3 is 0 Å². The summed E-state index contributed by atoms with van der Waals surface area (Å²) in [7, 11) is 0.579. The predicted octanol–water partition coefficient (Wildman–Crippen LogP) is 0.768. The second-order valence-electron chi connectivity index (χ2n) is 5.25. The number of nitrogens with zero attached hydrogens (tertiary/aromatic N) is 2. The van der Waals surface area contributed by atoms with Crippen LogP contribution in [0.3, 0.4) is 0 Å².